The molecule has 0 aliphatic carbocycles. The molecule has 0 saturated carbocycles. The predicted octanol–water partition coefficient (Wildman–Crippen LogP) is 2.77. The van der Waals surface area contributed by atoms with Crippen LogP contribution in [0, 0.1) is 0 Å². The molecule has 3 rings (SSSR count). The second-order valence-corrected chi connectivity index (χ2v) is 6.96. The number of benzene rings is 1. The molecule has 1 aromatic heterocycles. The Kier molecular flexibility index (Phi) is 5.30. The summed E-state index contributed by atoms with van der Waals surface area (Å²) in [6, 6.07) is 3.35. The molecule has 0 atom stereocenters. The van der Waals surface area contributed by atoms with Gasteiger partial charge >= 0.3 is 0 Å². The zero-order valence-corrected chi connectivity index (χ0v) is 16.8. The van der Waals surface area contributed by atoms with E-state index in [1.807, 2.05) is 4.90 Å². The van der Waals surface area contributed by atoms with E-state index in [2.05, 4.69) is 25.5 Å². The number of carbonyl (C=O) groups excluding carboxylic acids is 1. The van der Waals surface area contributed by atoms with E-state index in [-0.39, 0.29) is 5.91 Å². The molecule has 2 heterocycles. The third-order valence-corrected chi connectivity index (χ3v) is 5.03. The number of methoxy groups -OCH3 is 3. The van der Waals surface area contributed by atoms with Gasteiger partial charge in [-0.1, -0.05) is 13.8 Å². The van der Waals surface area contributed by atoms with Gasteiger partial charge in [-0.2, -0.15) is 0 Å². The average Bonchev–Trinajstić information content (AvgIpc) is 3.02. The van der Waals surface area contributed by atoms with Crippen molar-refractivity contribution in [3.63, 3.8) is 0 Å². The molecule has 0 bridgehead atoms. The Hall–Kier alpha value is -2.70. The number of nitrogens with zero attached hydrogens (tertiary/aromatic N) is 3. The van der Waals surface area contributed by atoms with E-state index in [4.69, 9.17) is 19.2 Å². The first-order chi connectivity index (χ1) is 12.9. The molecule has 1 aliphatic heterocycles. The SMILES string of the molecule is COc1cc(OC)c(C(=O)N2CCc3c(nc(C(C)C)n3C)C2)cc1OC. The lowest BCUT2D eigenvalue weighted by Crippen LogP contribution is -2.36. The van der Waals surface area contributed by atoms with E-state index in [0.717, 1.165) is 17.9 Å². The van der Waals surface area contributed by atoms with Gasteiger partial charge in [-0.05, 0) is 0 Å². The van der Waals surface area contributed by atoms with Crippen molar-refractivity contribution in [3.8, 4) is 17.2 Å². The Bertz CT molecular complexity index is 857. The summed E-state index contributed by atoms with van der Waals surface area (Å²) >= 11 is 0. The maximum absolute atomic E-state index is 13.2. The molecular formula is C20H27N3O4. The highest BCUT2D eigenvalue weighted by Gasteiger charge is 2.29. The van der Waals surface area contributed by atoms with Crippen LogP contribution in [0.15, 0.2) is 12.1 Å². The van der Waals surface area contributed by atoms with Crippen molar-refractivity contribution in [2.24, 2.45) is 7.05 Å². The van der Waals surface area contributed by atoms with Gasteiger partial charge < -0.3 is 23.7 Å². The molecule has 2 aromatic rings. The van der Waals surface area contributed by atoms with Crippen LogP contribution in [-0.4, -0.2) is 48.2 Å². The highest BCUT2D eigenvalue weighted by atomic mass is 16.5. The van der Waals surface area contributed by atoms with Crippen LogP contribution in [0.25, 0.3) is 0 Å². The zero-order valence-electron chi connectivity index (χ0n) is 16.8. The first-order valence-electron chi connectivity index (χ1n) is 9.04. The Morgan fingerprint density at radius 3 is 2.30 bits per heavy atom. The Labute approximate surface area is 159 Å². The van der Waals surface area contributed by atoms with Crippen LogP contribution < -0.4 is 14.2 Å². The van der Waals surface area contributed by atoms with E-state index in [9.17, 15) is 4.79 Å². The predicted molar refractivity (Wildman–Crippen MR) is 102 cm³/mol. The molecule has 1 amide bonds. The number of hydrogen-bond donors (Lipinski definition) is 0. The van der Waals surface area contributed by atoms with Crippen molar-refractivity contribution in [1.82, 2.24) is 14.5 Å². The molecule has 0 spiro atoms. The number of aromatic nitrogens is 2. The Morgan fingerprint density at radius 1 is 1.07 bits per heavy atom. The molecular weight excluding hydrogens is 346 g/mol. The minimum atomic E-state index is -0.102. The largest absolute Gasteiger partial charge is 0.496 e. The van der Waals surface area contributed by atoms with E-state index >= 15 is 0 Å². The summed E-state index contributed by atoms with van der Waals surface area (Å²) in [6.07, 6.45) is 0.785. The van der Waals surface area contributed by atoms with Crippen LogP contribution in [0.4, 0.5) is 0 Å². The second-order valence-electron chi connectivity index (χ2n) is 6.96. The lowest BCUT2D eigenvalue weighted by atomic mass is 10.1. The van der Waals surface area contributed by atoms with Crippen LogP contribution in [0.1, 0.15) is 47.3 Å². The minimum absolute atomic E-state index is 0.102. The number of carbonyl (C=O) groups is 1. The molecule has 0 fully saturated rings. The van der Waals surface area contributed by atoms with E-state index in [0.29, 0.717) is 41.8 Å². The van der Waals surface area contributed by atoms with Crippen molar-refractivity contribution in [2.75, 3.05) is 27.9 Å². The minimum Gasteiger partial charge on any atom is -0.496 e. The average molecular weight is 373 g/mol. The summed E-state index contributed by atoms with van der Waals surface area (Å²) in [4.78, 5) is 19.8. The first kappa shape index (κ1) is 19.1. The van der Waals surface area contributed by atoms with Gasteiger partial charge in [-0.3, -0.25) is 4.79 Å². The molecule has 0 saturated heterocycles. The number of imidazole rings is 1. The molecule has 146 valence electrons. The van der Waals surface area contributed by atoms with Crippen molar-refractivity contribution in [1.29, 1.82) is 0 Å². The van der Waals surface area contributed by atoms with Gasteiger partial charge in [0.15, 0.2) is 11.5 Å². The van der Waals surface area contributed by atoms with E-state index < -0.39 is 0 Å². The number of hydrogen-bond acceptors (Lipinski definition) is 5. The molecule has 0 unspecified atom stereocenters. The number of ether oxygens (including phenoxy) is 3. The fourth-order valence-electron chi connectivity index (χ4n) is 3.61. The molecule has 7 nitrogen and oxygen atoms in total. The third kappa shape index (κ3) is 3.34. The van der Waals surface area contributed by atoms with Gasteiger partial charge in [-0.15, -0.1) is 0 Å². The van der Waals surface area contributed by atoms with E-state index in [1.165, 1.54) is 5.69 Å². The topological polar surface area (TPSA) is 65.8 Å². The summed E-state index contributed by atoms with van der Waals surface area (Å²) in [7, 11) is 6.70. The normalized spacial score (nSPS) is 13.5. The Balaban J connectivity index is 1.92. The molecule has 0 N–H and O–H groups in total. The second kappa shape index (κ2) is 7.50. The van der Waals surface area contributed by atoms with Crippen molar-refractivity contribution >= 4 is 5.91 Å². The summed E-state index contributed by atoms with van der Waals surface area (Å²) in [5.41, 5.74) is 2.64. The third-order valence-electron chi connectivity index (χ3n) is 5.03. The summed E-state index contributed by atoms with van der Waals surface area (Å²) < 4.78 is 18.2. The number of rotatable bonds is 5. The monoisotopic (exact) mass is 373 g/mol. The first-order valence-corrected chi connectivity index (χ1v) is 9.04. The van der Waals surface area contributed by atoms with Crippen molar-refractivity contribution in [3.05, 3.63) is 34.9 Å². The molecule has 1 aliphatic rings. The van der Waals surface area contributed by atoms with Gasteiger partial charge in [-0.25, -0.2) is 4.98 Å². The lowest BCUT2D eigenvalue weighted by molar-refractivity contribution is 0.0727. The lowest BCUT2D eigenvalue weighted by Gasteiger charge is -2.27. The standard InChI is InChI=1S/C20H27N3O4/c1-12(2)19-21-14-11-23(8-7-15(14)22(19)3)20(24)13-9-17(26-5)18(27-6)10-16(13)25-4/h9-10,12H,7-8,11H2,1-6H3. The fourth-order valence-corrected chi connectivity index (χ4v) is 3.61. The van der Waals surface area contributed by atoms with Crippen LogP contribution in [-0.2, 0) is 20.0 Å². The fraction of sp³-hybridized carbons (Fsp3) is 0.500. The van der Waals surface area contributed by atoms with Crippen LogP contribution in [0.5, 0.6) is 17.2 Å². The van der Waals surface area contributed by atoms with E-state index in [1.54, 1.807) is 33.5 Å². The molecule has 27 heavy (non-hydrogen) atoms. The summed E-state index contributed by atoms with van der Waals surface area (Å²) in [6.45, 7) is 5.39. The quantitative estimate of drug-likeness (QED) is 0.806. The van der Waals surface area contributed by atoms with Gasteiger partial charge in [0.25, 0.3) is 5.91 Å². The summed E-state index contributed by atoms with van der Waals surface area (Å²) in [5, 5.41) is 0. The van der Waals surface area contributed by atoms with Crippen LogP contribution in [0.2, 0.25) is 0 Å². The van der Waals surface area contributed by atoms with Gasteiger partial charge in [0.2, 0.25) is 0 Å². The number of amides is 1. The molecule has 1 aromatic carbocycles. The highest BCUT2D eigenvalue weighted by molar-refractivity contribution is 5.98. The van der Waals surface area contributed by atoms with Crippen molar-refractivity contribution in [2.45, 2.75) is 32.7 Å². The van der Waals surface area contributed by atoms with Gasteiger partial charge in [0, 0.05) is 43.8 Å². The molecule has 7 heteroatoms. The smallest absolute Gasteiger partial charge is 0.258 e. The maximum Gasteiger partial charge on any atom is 0.258 e. The zero-order chi connectivity index (χ0) is 19.7. The highest BCUT2D eigenvalue weighted by Crippen LogP contribution is 2.36. The maximum atomic E-state index is 13.2. The van der Waals surface area contributed by atoms with Gasteiger partial charge in [0.1, 0.15) is 11.6 Å². The van der Waals surface area contributed by atoms with Crippen LogP contribution >= 0.6 is 0 Å². The number of fused-ring (bicyclic) bond motifs is 1. The summed E-state index contributed by atoms with van der Waals surface area (Å²) in [5.74, 6) is 2.79. The van der Waals surface area contributed by atoms with Crippen molar-refractivity contribution < 1.29 is 19.0 Å². The van der Waals surface area contributed by atoms with Gasteiger partial charge in [0.05, 0.1) is 39.1 Å². The van der Waals surface area contributed by atoms with Crippen LogP contribution in [0.3, 0.4) is 0 Å². The molecule has 0 radical (unpaired) electrons. The Morgan fingerprint density at radius 2 is 1.70 bits per heavy atom.